The van der Waals surface area contributed by atoms with Crippen LogP contribution in [0.4, 0.5) is 5.82 Å². The number of pyridine rings is 1. The number of piperazine rings is 1. The summed E-state index contributed by atoms with van der Waals surface area (Å²) in [6, 6.07) is 13.5. The third kappa shape index (κ3) is 6.70. The lowest BCUT2D eigenvalue weighted by Crippen LogP contribution is -2.44. The number of rotatable bonds is 8. The monoisotopic (exact) mass is 465 g/mol. The van der Waals surface area contributed by atoms with Crippen LogP contribution in [0.15, 0.2) is 48.7 Å². The Balaban J connectivity index is 1.17. The molecular weight excluding hydrogens is 430 g/mol. The highest BCUT2D eigenvalue weighted by Gasteiger charge is 2.27. The van der Waals surface area contributed by atoms with Crippen LogP contribution in [0.3, 0.4) is 0 Å². The summed E-state index contributed by atoms with van der Waals surface area (Å²) in [5.41, 5.74) is 1.06. The molecule has 3 heterocycles. The van der Waals surface area contributed by atoms with Gasteiger partial charge in [-0.1, -0.05) is 18.2 Å². The van der Waals surface area contributed by atoms with Crippen LogP contribution >= 0.6 is 0 Å². The maximum Gasteiger partial charge on any atom is 0.225 e. The van der Waals surface area contributed by atoms with Gasteiger partial charge in [-0.3, -0.25) is 9.59 Å². The Hall–Kier alpha value is -3.13. The van der Waals surface area contributed by atoms with Gasteiger partial charge in [-0.2, -0.15) is 0 Å². The standard InChI is InChI=1S/C26H35N5O3/c1-29-14-16-30(17-15-29)24-19-21(7-11-27-24)20-28-26(33)22-8-12-31(13-9-22)25(32)10-18-34-23-5-3-2-4-6-23/h2-7,11,19,22H,8-10,12-18,20H2,1H3,(H,28,33). The van der Waals surface area contributed by atoms with Crippen molar-refractivity contribution >= 4 is 17.6 Å². The van der Waals surface area contributed by atoms with Gasteiger partial charge in [-0.25, -0.2) is 4.98 Å². The molecule has 0 atom stereocenters. The van der Waals surface area contributed by atoms with E-state index < -0.39 is 0 Å². The van der Waals surface area contributed by atoms with Crippen molar-refractivity contribution in [2.45, 2.75) is 25.8 Å². The van der Waals surface area contributed by atoms with Gasteiger partial charge in [0.25, 0.3) is 0 Å². The second-order valence-electron chi connectivity index (χ2n) is 9.10. The zero-order valence-corrected chi connectivity index (χ0v) is 20.0. The molecule has 34 heavy (non-hydrogen) atoms. The zero-order chi connectivity index (χ0) is 23.8. The molecule has 8 heteroatoms. The number of ether oxygens (including phenoxy) is 1. The second-order valence-corrected chi connectivity index (χ2v) is 9.10. The average Bonchev–Trinajstić information content (AvgIpc) is 2.88. The number of carbonyl (C=O) groups excluding carboxylic acids is 2. The number of hydrogen-bond acceptors (Lipinski definition) is 6. The molecule has 2 aliphatic rings. The van der Waals surface area contributed by atoms with Gasteiger partial charge in [-0.05, 0) is 49.7 Å². The van der Waals surface area contributed by atoms with Crippen molar-refractivity contribution in [1.29, 1.82) is 0 Å². The number of anilines is 1. The van der Waals surface area contributed by atoms with Crippen LogP contribution in [0.1, 0.15) is 24.8 Å². The van der Waals surface area contributed by atoms with E-state index in [1.165, 1.54) is 0 Å². The van der Waals surface area contributed by atoms with E-state index >= 15 is 0 Å². The molecule has 2 fully saturated rings. The molecule has 0 saturated carbocycles. The molecule has 0 aliphatic carbocycles. The summed E-state index contributed by atoms with van der Waals surface area (Å²) in [7, 11) is 2.14. The van der Waals surface area contributed by atoms with Crippen molar-refractivity contribution in [3.63, 3.8) is 0 Å². The predicted molar refractivity (Wildman–Crippen MR) is 132 cm³/mol. The molecule has 1 N–H and O–H groups in total. The van der Waals surface area contributed by atoms with Crippen LogP contribution in [0, 0.1) is 5.92 Å². The maximum atomic E-state index is 12.7. The molecule has 1 aromatic heterocycles. The molecule has 0 bridgehead atoms. The number of aromatic nitrogens is 1. The molecule has 0 spiro atoms. The van der Waals surface area contributed by atoms with Gasteiger partial charge in [0.1, 0.15) is 11.6 Å². The molecule has 2 saturated heterocycles. The first-order chi connectivity index (χ1) is 16.6. The Morgan fingerprint density at radius 2 is 1.76 bits per heavy atom. The summed E-state index contributed by atoms with van der Waals surface area (Å²) in [5, 5.41) is 3.09. The van der Waals surface area contributed by atoms with E-state index in [2.05, 4.69) is 33.2 Å². The van der Waals surface area contributed by atoms with E-state index in [4.69, 9.17) is 4.74 Å². The molecule has 0 radical (unpaired) electrons. The molecule has 2 aromatic rings. The first-order valence-electron chi connectivity index (χ1n) is 12.2. The minimum Gasteiger partial charge on any atom is -0.493 e. The summed E-state index contributed by atoms with van der Waals surface area (Å²) in [5.74, 6) is 1.85. The molecule has 2 aliphatic heterocycles. The Kier molecular flexibility index (Phi) is 8.36. The molecule has 182 valence electrons. The third-order valence-corrected chi connectivity index (χ3v) is 6.65. The molecule has 0 unspecified atom stereocenters. The molecule has 8 nitrogen and oxygen atoms in total. The van der Waals surface area contributed by atoms with Crippen LogP contribution in [-0.4, -0.2) is 79.5 Å². The zero-order valence-electron chi connectivity index (χ0n) is 20.0. The van der Waals surface area contributed by atoms with Gasteiger partial charge in [0, 0.05) is 57.9 Å². The maximum absolute atomic E-state index is 12.7. The van der Waals surface area contributed by atoms with Crippen molar-refractivity contribution < 1.29 is 14.3 Å². The normalized spacial score (nSPS) is 17.4. The Morgan fingerprint density at radius 3 is 2.50 bits per heavy atom. The first-order valence-corrected chi connectivity index (χ1v) is 12.2. The van der Waals surface area contributed by atoms with Gasteiger partial charge in [0.2, 0.25) is 11.8 Å². The largest absolute Gasteiger partial charge is 0.493 e. The molecule has 4 rings (SSSR count). The SMILES string of the molecule is CN1CCN(c2cc(CNC(=O)C3CCN(C(=O)CCOc4ccccc4)CC3)ccn2)CC1. The van der Waals surface area contributed by atoms with E-state index in [0.717, 1.165) is 43.3 Å². The summed E-state index contributed by atoms with van der Waals surface area (Å²) in [6.45, 7) is 6.09. The average molecular weight is 466 g/mol. The Bertz CT molecular complexity index is 938. The number of piperidine rings is 1. The van der Waals surface area contributed by atoms with Gasteiger partial charge in [0.15, 0.2) is 0 Å². The van der Waals surface area contributed by atoms with Crippen molar-refractivity contribution in [1.82, 2.24) is 20.1 Å². The summed E-state index contributed by atoms with van der Waals surface area (Å²) >= 11 is 0. The highest BCUT2D eigenvalue weighted by molar-refractivity contribution is 5.80. The number of hydrogen-bond donors (Lipinski definition) is 1. The van der Waals surface area contributed by atoms with Gasteiger partial charge < -0.3 is 24.8 Å². The smallest absolute Gasteiger partial charge is 0.225 e. The fourth-order valence-corrected chi connectivity index (χ4v) is 4.43. The molecular formula is C26H35N5O3. The van der Waals surface area contributed by atoms with Crippen LogP contribution in [-0.2, 0) is 16.1 Å². The number of nitrogens with zero attached hydrogens (tertiary/aromatic N) is 4. The fraction of sp³-hybridized carbons (Fsp3) is 0.500. The predicted octanol–water partition coefficient (Wildman–Crippen LogP) is 2.16. The fourth-order valence-electron chi connectivity index (χ4n) is 4.43. The quantitative estimate of drug-likeness (QED) is 0.644. The highest BCUT2D eigenvalue weighted by Crippen LogP contribution is 2.19. The number of para-hydroxylation sites is 1. The van der Waals surface area contributed by atoms with Crippen LogP contribution in [0.25, 0.3) is 0 Å². The lowest BCUT2D eigenvalue weighted by Gasteiger charge is -2.33. The van der Waals surface area contributed by atoms with Crippen molar-refractivity contribution in [2.75, 3.05) is 57.8 Å². The lowest BCUT2D eigenvalue weighted by molar-refractivity contribution is -0.136. The summed E-state index contributed by atoms with van der Waals surface area (Å²) < 4.78 is 5.63. The van der Waals surface area contributed by atoms with Crippen molar-refractivity contribution in [2.24, 2.45) is 5.92 Å². The third-order valence-electron chi connectivity index (χ3n) is 6.65. The van der Waals surface area contributed by atoms with Gasteiger partial charge >= 0.3 is 0 Å². The Morgan fingerprint density at radius 1 is 1.03 bits per heavy atom. The first kappa shape index (κ1) is 24.0. The van der Waals surface area contributed by atoms with Crippen molar-refractivity contribution in [3.8, 4) is 5.75 Å². The molecule has 1 aromatic carbocycles. The second kappa shape index (κ2) is 11.8. The van der Waals surface area contributed by atoms with E-state index in [0.29, 0.717) is 45.5 Å². The van der Waals surface area contributed by atoms with Crippen LogP contribution < -0.4 is 15.0 Å². The minimum absolute atomic E-state index is 0.0523. The van der Waals surface area contributed by atoms with E-state index in [-0.39, 0.29) is 17.7 Å². The number of likely N-dealkylation sites (tertiary alicyclic amines) is 1. The minimum atomic E-state index is -0.0523. The number of benzene rings is 1. The number of nitrogens with one attached hydrogen (secondary N) is 1. The summed E-state index contributed by atoms with van der Waals surface area (Å²) in [4.78, 5) is 36.2. The number of amides is 2. The van der Waals surface area contributed by atoms with Gasteiger partial charge in [0.05, 0.1) is 13.0 Å². The Labute approximate surface area is 201 Å². The van der Waals surface area contributed by atoms with E-state index in [9.17, 15) is 9.59 Å². The topological polar surface area (TPSA) is 78.0 Å². The molecule has 2 amide bonds. The van der Waals surface area contributed by atoms with Crippen molar-refractivity contribution in [3.05, 3.63) is 54.2 Å². The van der Waals surface area contributed by atoms with Gasteiger partial charge in [-0.15, -0.1) is 0 Å². The number of likely N-dealkylation sites (N-methyl/N-ethyl adjacent to an activating group) is 1. The van der Waals surface area contributed by atoms with E-state index in [1.807, 2.05) is 47.5 Å². The lowest BCUT2D eigenvalue weighted by atomic mass is 9.95. The van der Waals surface area contributed by atoms with Crippen LogP contribution in [0.2, 0.25) is 0 Å². The highest BCUT2D eigenvalue weighted by atomic mass is 16.5. The summed E-state index contributed by atoms with van der Waals surface area (Å²) in [6.07, 6.45) is 3.56. The van der Waals surface area contributed by atoms with E-state index in [1.54, 1.807) is 0 Å². The van der Waals surface area contributed by atoms with Crippen LogP contribution in [0.5, 0.6) is 5.75 Å². The number of carbonyl (C=O) groups is 2.